The molecule has 0 spiro atoms. The lowest BCUT2D eigenvalue weighted by Crippen LogP contribution is -2.30. The number of rotatable bonds is 4. The number of hydrogen-bond donors (Lipinski definition) is 0. The van der Waals surface area contributed by atoms with Gasteiger partial charge in [-0.3, -0.25) is 4.79 Å². The first-order chi connectivity index (χ1) is 10.0. The van der Waals surface area contributed by atoms with Crippen molar-refractivity contribution >= 4 is 17.5 Å². The van der Waals surface area contributed by atoms with Crippen molar-refractivity contribution in [3.63, 3.8) is 0 Å². The number of carbonyl (C=O) groups is 1. The highest BCUT2D eigenvalue weighted by Gasteiger charge is 2.22. The molecule has 0 aliphatic carbocycles. The number of halogens is 1. The van der Waals surface area contributed by atoms with E-state index >= 15 is 0 Å². The molecule has 1 heterocycles. The van der Waals surface area contributed by atoms with Crippen LogP contribution in [-0.2, 0) is 0 Å². The summed E-state index contributed by atoms with van der Waals surface area (Å²) in [5.41, 5.74) is 1.27. The van der Waals surface area contributed by atoms with Crippen molar-refractivity contribution in [1.82, 2.24) is 9.88 Å². The summed E-state index contributed by atoms with van der Waals surface area (Å²) in [4.78, 5) is 18.2. The normalized spacial score (nSPS) is 11.8. The van der Waals surface area contributed by atoms with Crippen molar-refractivity contribution in [3.05, 3.63) is 58.9 Å². The molecule has 1 amide bonds. The fourth-order valence-corrected chi connectivity index (χ4v) is 2.27. The number of carbonyl (C=O) groups excluding carboxylic acids is 1. The average Bonchev–Trinajstić information content (AvgIpc) is 2.52. The molecule has 0 N–H and O–H groups in total. The van der Waals surface area contributed by atoms with Crippen LogP contribution in [0.3, 0.4) is 0 Å². The summed E-state index contributed by atoms with van der Waals surface area (Å²) in [6, 6.07) is 12.5. The number of ether oxygens (including phenoxy) is 1. The molecule has 0 aliphatic rings. The van der Waals surface area contributed by atoms with E-state index in [2.05, 4.69) is 4.98 Å². The molecule has 1 aromatic carbocycles. The third kappa shape index (κ3) is 3.34. The molecule has 1 atom stereocenters. The molecular formula is C16H17ClN2O2. The topological polar surface area (TPSA) is 42.4 Å². The van der Waals surface area contributed by atoms with Crippen molar-refractivity contribution in [3.8, 4) is 5.75 Å². The van der Waals surface area contributed by atoms with Gasteiger partial charge in [0.15, 0.2) is 0 Å². The third-order valence-corrected chi connectivity index (χ3v) is 3.64. The standard InChI is InChI=1S/C16H17ClN2O2/c1-11(12-7-4-5-9-14(12)21-3)19(2)16(20)13-8-6-10-15(17)18-13/h4-11H,1-3H3. The smallest absolute Gasteiger partial charge is 0.272 e. The lowest BCUT2D eigenvalue weighted by Gasteiger charge is -2.26. The summed E-state index contributed by atoms with van der Waals surface area (Å²) >= 11 is 5.84. The molecule has 1 unspecified atom stereocenters. The zero-order chi connectivity index (χ0) is 15.4. The number of methoxy groups -OCH3 is 1. The summed E-state index contributed by atoms with van der Waals surface area (Å²) < 4.78 is 5.35. The maximum Gasteiger partial charge on any atom is 0.272 e. The Labute approximate surface area is 129 Å². The predicted octanol–water partition coefficient (Wildman–Crippen LogP) is 3.58. The minimum atomic E-state index is -0.184. The molecule has 0 saturated heterocycles. The first kappa shape index (κ1) is 15.3. The van der Waals surface area contributed by atoms with Crippen LogP contribution < -0.4 is 4.74 Å². The van der Waals surface area contributed by atoms with Gasteiger partial charge in [-0.1, -0.05) is 35.9 Å². The van der Waals surface area contributed by atoms with E-state index in [1.54, 1.807) is 37.3 Å². The van der Waals surface area contributed by atoms with Crippen LogP contribution in [0.1, 0.15) is 29.0 Å². The SMILES string of the molecule is COc1ccccc1C(C)N(C)C(=O)c1cccc(Cl)n1. The number of hydrogen-bond acceptors (Lipinski definition) is 3. The monoisotopic (exact) mass is 304 g/mol. The molecule has 2 aromatic rings. The van der Waals surface area contributed by atoms with Gasteiger partial charge in [0, 0.05) is 12.6 Å². The largest absolute Gasteiger partial charge is 0.496 e. The van der Waals surface area contributed by atoms with Gasteiger partial charge in [-0.2, -0.15) is 0 Å². The predicted molar refractivity (Wildman–Crippen MR) is 82.7 cm³/mol. The molecular weight excluding hydrogens is 288 g/mol. The molecule has 0 radical (unpaired) electrons. The molecule has 0 bridgehead atoms. The van der Waals surface area contributed by atoms with Crippen LogP contribution in [0.2, 0.25) is 5.15 Å². The van der Waals surface area contributed by atoms with E-state index < -0.39 is 0 Å². The maximum atomic E-state index is 12.5. The molecule has 110 valence electrons. The Morgan fingerprint density at radius 2 is 1.95 bits per heavy atom. The average molecular weight is 305 g/mol. The lowest BCUT2D eigenvalue weighted by atomic mass is 10.1. The van der Waals surface area contributed by atoms with Crippen LogP contribution in [0.5, 0.6) is 5.75 Å². The second-order valence-electron chi connectivity index (χ2n) is 4.68. The number of aromatic nitrogens is 1. The van der Waals surface area contributed by atoms with E-state index in [0.717, 1.165) is 11.3 Å². The highest BCUT2D eigenvalue weighted by molar-refractivity contribution is 6.29. The Hall–Kier alpha value is -2.07. The zero-order valence-electron chi connectivity index (χ0n) is 12.2. The van der Waals surface area contributed by atoms with Gasteiger partial charge in [0.25, 0.3) is 5.91 Å². The van der Waals surface area contributed by atoms with E-state index in [1.165, 1.54) is 0 Å². The summed E-state index contributed by atoms with van der Waals surface area (Å²) in [6.45, 7) is 1.94. The molecule has 4 nitrogen and oxygen atoms in total. The van der Waals surface area contributed by atoms with Crippen molar-refractivity contribution in [2.45, 2.75) is 13.0 Å². The van der Waals surface area contributed by atoms with Gasteiger partial charge in [0.05, 0.1) is 13.2 Å². The van der Waals surface area contributed by atoms with Gasteiger partial charge in [0.2, 0.25) is 0 Å². The van der Waals surface area contributed by atoms with Crippen LogP contribution in [0.25, 0.3) is 0 Å². The lowest BCUT2D eigenvalue weighted by molar-refractivity contribution is 0.0735. The van der Waals surface area contributed by atoms with Crippen LogP contribution in [0, 0.1) is 0 Å². The Kier molecular flexibility index (Phi) is 4.81. The highest BCUT2D eigenvalue weighted by atomic mass is 35.5. The van der Waals surface area contributed by atoms with Crippen molar-refractivity contribution < 1.29 is 9.53 Å². The van der Waals surface area contributed by atoms with Gasteiger partial charge >= 0.3 is 0 Å². The minimum absolute atomic E-state index is 0.144. The van der Waals surface area contributed by atoms with Gasteiger partial charge in [-0.05, 0) is 25.1 Å². The summed E-state index contributed by atoms with van der Waals surface area (Å²) in [5.74, 6) is 0.569. The van der Waals surface area contributed by atoms with Crippen LogP contribution >= 0.6 is 11.6 Å². The van der Waals surface area contributed by atoms with E-state index in [4.69, 9.17) is 16.3 Å². The fraction of sp³-hybridized carbons (Fsp3) is 0.250. The van der Waals surface area contributed by atoms with E-state index in [1.807, 2.05) is 31.2 Å². The fourth-order valence-electron chi connectivity index (χ4n) is 2.10. The second kappa shape index (κ2) is 6.59. The molecule has 0 aliphatic heterocycles. The molecule has 0 saturated carbocycles. The number of nitrogens with zero attached hydrogens (tertiary/aromatic N) is 2. The van der Waals surface area contributed by atoms with Gasteiger partial charge < -0.3 is 9.64 Å². The van der Waals surface area contributed by atoms with Crippen molar-refractivity contribution in [2.24, 2.45) is 0 Å². The quantitative estimate of drug-likeness (QED) is 0.811. The summed E-state index contributed by atoms with van der Waals surface area (Å²) in [6.07, 6.45) is 0. The second-order valence-corrected chi connectivity index (χ2v) is 5.07. The molecule has 5 heteroatoms. The summed E-state index contributed by atoms with van der Waals surface area (Å²) in [5, 5.41) is 0.305. The Morgan fingerprint density at radius 3 is 2.62 bits per heavy atom. The molecule has 21 heavy (non-hydrogen) atoms. The minimum Gasteiger partial charge on any atom is -0.496 e. The van der Waals surface area contributed by atoms with Gasteiger partial charge in [0.1, 0.15) is 16.6 Å². The summed E-state index contributed by atoms with van der Waals surface area (Å²) in [7, 11) is 3.36. The Bertz CT molecular complexity index is 646. The first-order valence-corrected chi connectivity index (χ1v) is 6.95. The van der Waals surface area contributed by atoms with Gasteiger partial charge in [-0.15, -0.1) is 0 Å². The maximum absolute atomic E-state index is 12.5. The molecule has 0 fully saturated rings. The molecule has 1 aromatic heterocycles. The number of para-hydroxylation sites is 1. The van der Waals surface area contributed by atoms with E-state index in [0.29, 0.717) is 10.8 Å². The van der Waals surface area contributed by atoms with Gasteiger partial charge in [-0.25, -0.2) is 4.98 Å². The number of benzene rings is 1. The Morgan fingerprint density at radius 1 is 1.24 bits per heavy atom. The van der Waals surface area contributed by atoms with E-state index in [9.17, 15) is 4.79 Å². The van der Waals surface area contributed by atoms with Crippen molar-refractivity contribution in [1.29, 1.82) is 0 Å². The Balaban J connectivity index is 2.26. The molecule has 2 rings (SSSR count). The van der Waals surface area contributed by atoms with Crippen LogP contribution in [0.4, 0.5) is 0 Å². The first-order valence-electron chi connectivity index (χ1n) is 6.57. The van der Waals surface area contributed by atoms with E-state index in [-0.39, 0.29) is 11.9 Å². The number of pyridine rings is 1. The third-order valence-electron chi connectivity index (χ3n) is 3.42. The van der Waals surface area contributed by atoms with Crippen LogP contribution in [0.15, 0.2) is 42.5 Å². The zero-order valence-corrected chi connectivity index (χ0v) is 13.0. The van der Waals surface area contributed by atoms with Crippen molar-refractivity contribution in [2.75, 3.05) is 14.2 Å². The highest BCUT2D eigenvalue weighted by Crippen LogP contribution is 2.28. The van der Waals surface area contributed by atoms with Crippen LogP contribution in [-0.4, -0.2) is 29.9 Å². The number of amides is 1.